The second kappa shape index (κ2) is 8.32. The Bertz CT molecular complexity index is 1200. The van der Waals surface area contributed by atoms with Crippen molar-refractivity contribution in [2.24, 2.45) is 0 Å². The van der Waals surface area contributed by atoms with Gasteiger partial charge in [-0.25, -0.2) is 4.98 Å². The zero-order valence-corrected chi connectivity index (χ0v) is 17.7. The van der Waals surface area contributed by atoms with Crippen LogP contribution in [0.25, 0.3) is 21.5 Å². The van der Waals surface area contributed by atoms with Crippen LogP contribution in [0, 0.1) is 0 Å². The molecule has 0 spiro atoms. The number of aromatic nitrogens is 5. The van der Waals surface area contributed by atoms with E-state index >= 15 is 0 Å². The predicted octanol–water partition coefficient (Wildman–Crippen LogP) is 2.55. The Balaban J connectivity index is 1.31. The molecule has 4 heterocycles. The molecule has 0 atom stereocenters. The van der Waals surface area contributed by atoms with Crippen LogP contribution in [-0.2, 0) is 0 Å². The molecule has 5 rings (SSSR count). The number of anilines is 2. The van der Waals surface area contributed by atoms with E-state index in [1.165, 1.54) is 11.3 Å². The number of piperazine rings is 1. The largest absolute Gasteiger partial charge is 0.354 e. The highest BCUT2D eigenvalue weighted by atomic mass is 32.1. The highest BCUT2D eigenvalue weighted by Crippen LogP contribution is 2.25. The van der Waals surface area contributed by atoms with Crippen LogP contribution in [0.15, 0.2) is 48.1 Å². The summed E-state index contributed by atoms with van der Waals surface area (Å²) in [5.74, 6) is 1.00. The topological polar surface area (TPSA) is 100 Å². The van der Waals surface area contributed by atoms with Crippen LogP contribution < -0.4 is 10.2 Å². The Morgan fingerprint density at radius 2 is 1.90 bits per heavy atom. The van der Waals surface area contributed by atoms with Gasteiger partial charge in [0.1, 0.15) is 16.3 Å². The minimum Gasteiger partial charge on any atom is -0.354 e. The van der Waals surface area contributed by atoms with Crippen molar-refractivity contribution in [2.45, 2.75) is 0 Å². The van der Waals surface area contributed by atoms with Crippen molar-refractivity contribution in [3.8, 4) is 10.6 Å². The molecule has 31 heavy (non-hydrogen) atoms. The zero-order valence-electron chi connectivity index (χ0n) is 16.9. The number of carbonyl (C=O) groups is 1. The van der Waals surface area contributed by atoms with Crippen LogP contribution in [0.4, 0.5) is 11.6 Å². The number of likely N-dealkylation sites (N-methyl/N-ethyl adjacent to an activating group) is 1. The van der Waals surface area contributed by atoms with Crippen molar-refractivity contribution < 1.29 is 4.79 Å². The van der Waals surface area contributed by atoms with E-state index < -0.39 is 0 Å². The quantitative estimate of drug-likeness (QED) is 0.525. The van der Waals surface area contributed by atoms with Crippen LogP contribution in [0.5, 0.6) is 0 Å². The number of fused-ring (bicyclic) bond motifs is 1. The van der Waals surface area contributed by atoms with E-state index in [0.29, 0.717) is 11.4 Å². The lowest BCUT2D eigenvalue weighted by Crippen LogP contribution is -2.44. The van der Waals surface area contributed by atoms with Crippen molar-refractivity contribution in [3.05, 3.63) is 53.7 Å². The summed E-state index contributed by atoms with van der Waals surface area (Å²) >= 11 is 1.47. The molecule has 0 aliphatic carbocycles. The molecule has 1 saturated heterocycles. The molecule has 1 aliphatic heterocycles. The molecule has 10 heteroatoms. The van der Waals surface area contributed by atoms with E-state index in [2.05, 4.69) is 47.5 Å². The average Bonchev–Trinajstić information content (AvgIpc) is 3.34. The summed E-state index contributed by atoms with van der Waals surface area (Å²) in [6.07, 6.45) is 1.60. The molecule has 1 fully saturated rings. The van der Waals surface area contributed by atoms with E-state index in [0.717, 1.165) is 53.5 Å². The summed E-state index contributed by atoms with van der Waals surface area (Å²) in [6.45, 7) is 3.87. The van der Waals surface area contributed by atoms with E-state index in [1.807, 2.05) is 24.3 Å². The number of carbonyl (C=O) groups excluding carboxylic acids is 1. The first kappa shape index (κ1) is 19.5. The predicted molar refractivity (Wildman–Crippen MR) is 120 cm³/mol. The molecule has 0 radical (unpaired) electrons. The van der Waals surface area contributed by atoms with Gasteiger partial charge in [-0.15, -0.1) is 20.4 Å². The maximum atomic E-state index is 12.7. The Kier molecular flexibility index (Phi) is 5.23. The molecule has 156 valence electrons. The average molecular weight is 433 g/mol. The van der Waals surface area contributed by atoms with Crippen LogP contribution in [0.3, 0.4) is 0 Å². The maximum Gasteiger partial charge on any atom is 0.258 e. The monoisotopic (exact) mass is 432 g/mol. The van der Waals surface area contributed by atoms with Crippen molar-refractivity contribution >= 4 is 39.8 Å². The van der Waals surface area contributed by atoms with Gasteiger partial charge in [0.2, 0.25) is 0 Å². The lowest BCUT2D eigenvalue weighted by molar-refractivity contribution is 0.102. The van der Waals surface area contributed by atoms with Gasteiger partial charge >= 0.3 is 0 Å². The standard InChI is InChI=1S/C21H20N8OS/c1-28-6-8-29(9-7-28)19-5-3-15(12-22-19)20(30)24-18-11-16-10-14(21-27-23-13-31-21)2-4-17(16)25-26-18/h2-5,10-13H,6-9H2,1H3,(H,24,26,30). The van der Waals surface area contributed by atoms with Crippen LogP contribution >= 0.6 is 11.3 Å². The number of hydrogen-bond donors (Lipinski definition) is 1. The van der Waals surface area contributed by atoms with Gasteiger partial charge in [-0.1, -0.05) is 11.3 Å². The normalized spacial score (nSPS) is 14.7. The van der Waals surface area contributed by atoms with E-state index in [9.17, 15) is 4.79 Å². The van der Waals surface area contributed by atoms with E-state index in [1.54, 1.807) is 23.8 Å². The van der Waals surface area contributed by atoms with Gasteiger partial charge in [0.25, 0.3) is 5.91 Å². The van der Waals surface area contributed by atoms with Gasteiger partial charge in [0.05, 0.1) is 11.1 Å². The third kappa shape index (κ3) is 4.21. The Morgan fingerprint density at radius 1 is 1.03 bits per heavy atom. The third-order valence-electron chi connectivity index (χ3n) is 5.27. The number of amides is 1. The van der Waals surface area contributed by atoms with Gasteiger partial charge in [0, 0.05) is 43.3 Å². The van der Waals surface area contributed by atoms with E-state index in [-0.39, 0.29) is 5.91 Å². The molecule has 1 aliphatic rings. The highest BCUT2D eigenvalue weighted by molar-refractivity contribution is 7.12. The van der Waals surface area contributed by atoms with Gasteiger partial charge in [-0.05, 0) is 43.4 Å². The first-order chi connectivity index (χ1) is 15.2. The fourth-order valence-electron chi connectivity index (χ4n) is 3.47. The fraction of sp³-hybridized carbons (Fsp3) is 0.238. The van der Waals surface area contributed by atoms with Gasteiger partial charge in [-0.2, -0.15) is 0 Å². The number of benzene rings is 1. The first-order valence-corrected chi connectivity index (χ1v) is 10.8. The molecule has 0 bridgehead atoms. The molecule has 1 N–H and O–H groups in total. The molecule has 1 aromatic carbocycles. The van der Waals surface area contributed by atoms with E-state index in [4.69, 9.17) is 0 Å². The molecule has 1 amide bonds. The molecule has 0 saturated carbocycles. The van der Waals surface area contributed by atoms with Crippen molar-refractivity contribution in [1.29, 1.82) is 0 Å². The van der Waals surface area contributed by atoms with Crippen molar-refractivity contribution in [3.63, 3.8) is 0 Å². The number of nitrogens with zero attached hydrogens (tertiary/aromatic N) is 7. The molecular weight excluding hydrogens is 412 g/mol. The molecule has 9 nitrogen and oxygen atoms in total. The maximum absolute atomic E-state index is 12.7. The lowest BCUT2D eigenvalue weighted by atomic mass is 10.1. The molecular formula is C21H20N8OS. The zero-order chi connectivity index (χ0) is 21.2. The second-order valence-corrected chi connectivity index (χ2v) is 8.23. The number of pyridine rings is 1. The number of hydrogen-bond acceptors (Lipinski definition) is 9. The second-order valence-electron chi connectivity index (χ2n) is 7.40. The summed E-state index contributed by atoms with van der Waals surface area (Å²) in [7, 11) is 2.12. The van der Waals surface area contributed by atoms with Crippen molar-refractivity contribution in [2.75, 3.05) is 43.4 Å². The van der Waals surface area contributed by atoms with Gasteiger partial charge in [-0.3, -0.25) is 4.79 Å². The summed E-state index contributed by atoms with van der Waals surface area (Å²) < 4.78 is 0. The smallest absolute Gasteiger partial charge is 0.258 e. The summed E-state index contributed by atoms with van der Waals surface area (Å²) in [6, 6.07) is 11.3. The summed E-state index contributed by atoms with van der Waals surface area (Å²) in [4.78, 5) is 21.7. The molecule has 4 aromatic rings. The number of rotatable bonds is 4. The lowest BCUT2D eigenvalue weighted by Gasteiger charge is -2.33. The van der Waals surface area contributed by atoms with Crippen LogP contribution in [0.2, 0.25) is 0 Å². The Labute approximate surface area is 182 Å². The minimum atomic E-state index is -0.272. The van der Waals surface area contributed by atoms with Gasteiger partial charge < -0.3 is 15.1 Å². The Morgan fingerprint density at radius 3 is 2.65 bits per heavy atom. The molecule has 3 aromatic heterocycles. The van der Waals surface area contributed by atoms with Crippen LogP contribution in [-0.4, -0.2) is 69.4 Å². The Hall–Kier alpha value is -3.50. The molecule has 0 unspecified atom stereocenters. The van der Waals surface area contributed by atoms with Crippen LogP contribution in [0.1, 0.15) is 10.4 Å². The van der Waals surface area contributed by atoms with Gasteiger partial charge in [0.15, 0.2) is 5.82 Å². The first-order valence-electron chi connectivity index (χ1n) is 9.91. The number of nitrogens with one attached hydrogen (secondary N) is 1. The van der Waals surface area contributed by atoms with Crippen molar-refractivity contribution in [1.82, 2.24) is 30.3 Å². The summed E-state index contributed by atoms with van der Waals surface area (Å²) in [5, 5.41) is 20.8. The minimum absolute atomic E-state index is 0.272. The SMILES string of the molecule is CN1CCN(c2ccc(C(=O)Nc3cc4cc(-c5nncs5)ccc4nn3)cn2)CC1. The fourth-order valence-corrected chi connectivity index (χ4v) is 4.02. The highest BCUT2D eigenvalue weighted by Gasteiger charge is 2.16. The summed E-state index contributed by atoms with van der Waals surface area (Å²) in [5.41, 5.74) is 3.86. The third-order valence-corrected chi connectivity index (χ3v) is 6.01.